The summed E-state index contributed by atoms with van der Waals surface area (Å²) in [6.45, 7) is 3.81. The van der Waals surface area contributed by atoms with Gasteiger partial charge in [-0.1, -0.05) is 19.1 Å². The summed E-state index contributed by atoms with van der Waals surface area (Å²) >= 11 is 1.71. The van der Waals surface area contributed by atoms with E-state index in [4.69, 9.17) is 0 Å². The van der Waals surface area contributed by atoms with Crippen LogP contribution < -0.4 is 5.32 Å². The first kappa shape index (κ1) is 14.1. The van der Waals surface area contributed by atoms with Crippen LogP contribution in [-0.2, 0) is 5.75 Å². The van der Waals surface area contributed by atoms with E-state index in [0.29, 0.717) is 5.56 Å². The number of aliphatic hydroxyl groups is 1. The largest absolute Gasteiger partial charge is 0.392 e. The fourth-order valence-electron chi connectivity index (χ4n) is 1.26. The first-order valence-corrected chi connectivity index (χ1v) is 6.70. The molecule has 0 heterocycles. The lowest BCUT2D eigenvalue weighted by Gasteiger charge is -2.13. The Morgan fingerprint density at radius 1 is 1.35 bits per heavy atom. The summed E-state index contributed by atoms with van der Waals surface area (Å²) in [5, 5.41) is 12.2. The molecule has 2 atom stereocenters. The highest BCUT2D eigenvalue weighted by molar-refractivity contribution is 7.99. The van der Waals surface area contributed by atoms with Crippen molar-refractivity contribution in [2.45, 2.75) is 31.0 Å². The van der Waals surface area contributed by atoms with Gasteiger partial charge in [0.05, 0.1) is 6.10 Å². The van der Waals surface area contributed by atoms with Crippen LogP contribution in [0.2, 0.25) is 0 Å². The fraction of sp³-hybridized carbons (Fsp3) is 0.462. The third kappa shape index (κ3) is 4.40. The van der Waals surface area contributed by atoms with Gasteiger partial charge in [-0.05, 0) is 24.6 Å². The van der Waals surface area contributed by atoms with Gasteiger partial charge in [-0.2, -0.15) is 11.8 Å². The van der Waals surface area contributed by atoms with Crippen LogP contribution in [-0.4, -0.2) is 29.4 Å². The van der Waals surface area contributed by atoms with E-state index in [9.17, 15) is 9.90 Å². The van der Waals surface area contributed by atoms with E-state index >= 15 is 0 Å². The Bertz CT molecular complexity index is 362. The van der Waals surface area contributed by atoms with Gasteiger partial charge in [0.1, 0.15) is 0 Å². The average Bonchev–Trinajstić information content (AvgIpc) is 2.35. The minimum atomic E-state index is -0.301. The smallest absolute Gasteiger partial charge is 0.251 e. The highest BCUT2D eigenvalue weighted by Gasteiger charge is 2.09. The molecule has 0 saturated heterocycles. The molecule has 0 bridgehead atoms. The van der Waals surface area contributed by atoms with Crippen molar-refractivity contribution in [2.75, 3.05) is 7.05 Å². The van der Waals surface area contributed by atoms with E-state index in [0.717, 1.165) is 11.3 Å². The maximum absolute atomic E-state index is 11.3. The van der Waals surface area contributed by atoms with Gasteiger partial charge in [0, 0.05) is 23.6 Å². The molecule has 1 aromatic carbocycles. The number of benzene rings is 1. The quantitative estimate of drug-likeness (QED) is 0.844. The Kier molecular flexibility index (Phi) is 5.51. The average molecular weight is 253 g/mol. The molecule has 0 aliphatic heterocycles. The van der Waals surface area contributed by atoms with Crippen molar-refractivity contribution in [3.63, 3.8) is 0 Å². The number of carbonyl (C=O) groups excluding carboxylic acids is 1. The summed E-state index contributed by atoms with van der Waals surface area (Å²) in [6, 6.07) is 7.54. The van der Waals surface area contributed by atoms with Crippen molar-refractivity contribution >= 4 is 17.7 Å². The lowest BCUT2D eigenvalue weighted by atomic mass is 10.1. The predicted octanol–water partition coefficient (Wildman–Crippen LogP) is 2.05. The van der Waals surface area contributed by atoms with E-state index in [-0.39, 0.29) is 17.3 Å². The van der Waals surface area contributed by atoms with Crippen LogP contribution in [0.5, 0.6) is 0 Å². The molecule has 2 N–H and O–H groups in total. The number of hydrogen-bond donors (Lipinski definition) is 2. The monoisotopic (exact) mass is 253 g/mol. The van der Waals surface area contributed by atoms with Crippen molar-refractivity contribution in [1.82, 2.24) is 5.32 Å². The highest BCUT2D eigenvalue weighted by Crippen LogP contribution is 2.20. The predicted molar refractivity (Wildman–Crippen MR) is 72.3 cm³/mol. The standard InChI is InChI=1S/C13H19NO2S/c1-9(15)10(2)17-8-11-4-6-12(7-5-11)13(16)14-3/h4-7,9-10,15H,8H2,1-3H3,(H,14,16). The molecule has 94 valence electrons. The second-order valence-corrected chi connectivity index (χ2v) is 5.40. The number of nitrogens with one attached hydrogen (secondary N) is 1. The normalized spacial score (nSPS) is 14.1. The molecule has 1 rings (SSSR count). The third-order valence-electron chi connectivity index (χ3n) is 2.64. The number of amides is 1. The van der Waals surface area contributed by atoms with E-state index in [2.05, 4.69) is 5.32 Å². The summed E-state index contributed by atoms with van der Waals surface area (Å²) < 4.78 is 0. The van der Waals surface area contributed by atoms with Gasteiger partial charge < -0.3 is 10.4 Å². The summed E-state index contributed by atoms with van der Waals surface area (Å²) in [7, 11) is 1.62. The van der Waals surface area contributed by atoms with Gasteiger partial charge in [0.2, 0.25) is 0 Å². The summed E-state index contributed by atoms with van der Waals surface area (Å²) in [5.74, 6) is 0.779. The Hall–Kier alpha value is -1.00. The van der Waals surface area contributed by atoms with Gasteiger partial charge >= 0.3 is 0 Å². The molecule has 0 spiro atoms. The third-order valence-corrected chi connectivity index (χ3v) is 4.06. The van der Waals surface area contributed by atoms with Crippen LogP contribution in [0.15, 0.2) is 24.3 Å². The molecule has 0 saturated carbocycles. The maximum atomic E-state index is 11.3. The van der Waals surface area contributed by atoms with Gasteiger partial charge in [0.25, 0.3) is 5.91 Å². The summed E-state index contributed by atoms with van der Waals surface area (Å²) in [5.41, 5.74) is 1.83. The number of aliphatic hydroxyl groups excluding tert-OH is 1. The molecule has 3 nitrogen and oxygen atoms in total. The Balaban J connectivity index is 2.54. The van der Waals surface area contributed by atoms with Crippen LogP contribution in [0.25, 0.3) is 0 Å². The zero-order chi connectivity index (χ0) is 12.8. The van der Waals surface area contributed by atoms with Gasteiger partial charge in [-0.25, -0.2) is 0 Å². The molecule has 4 heteroatoms. The molecular formula is C13H19NO2S. The summed E-state index contributed by atoms with van der Waals surface area (Å²) in [4.78, 5) is 11.3. The van der Waals surface area contributed by atoms with Crippen molar-refractivity contribution in [3.05, 3.63) is 35.4 Å². The van der Waals surface area contributed by atoms with Crippen LogP contribution in [0.4, 0.5) is 0 Å². The van der Waals surface area contributed by atoms with Crippen molar-refractivity contribution in [2.24, 2.45) is 0 Å². The van der Waals surface area contributed by atoms with E-state index in [1.807, 2.05) is 31.2 Å². The number of thioether (sulfide) groups is 1. The number of rotatable bonds is 5. The van der Waals surface area contributed by atoms with Crippen LogP contribution in [0.1, 0.15) is 29.8 Å². The zero-order valence-electron chi connectivity index (χ0n) is 10.4. The Morgan fingerprint density at radius 2 is 1.94 bits per heavy atom. The molecule has 0 fully saturated rings. The van der Waals surface area contributed by atoms with Crippen LogP contribution in [0.3, 0.4) is 0 Å². The van der Waals surface area contributed by atoms with E-state index < -0.39 is 0 Å². The molecule has 1 aromatic rings. The van der Waals surface area contributed by atoms with Gasteiger partial charge in [-0.15, -0.1) is 0 Å². The number of hydrogen-bond acceptors (Lipinski definition) is 3. The molecule has 0 aliphatic rings. The summed E-state index contributed by atoms with van der Waals surface area (Å²) in [6.07, 6.45) is -0.301. The lowest BCUT2D eigenvalue weighted by molar-refractivity contribution is 0.0963. The van der Waals surface area contributed by atoms with Crippen molar-refractivity contribution in [3.8, 4) is 0 Å². The topological polar surface area (TPSA) is 49.3 Å². The molecular weight excluding hydrogens is 234 g/mol. The zero-order valence-corrected chi connectivity index (χ0v) is 11.3. The second kappa shape index (κ2) is 6.67. The Labute approximate surface area is 107 Å². The first-order chi connectivity index (χ1) is 8.04. The molecule has 0 radical (unpaired) electrons. The van der Waals surface area contributed by atoms with Crippen molar-refractivity contribution < 1.29 is 9.90 Å². The minimum Gasteiger partial charge on any atom is -0.392 e. The minimum absolute atomic E-state index is 0.0680. The van der Waals surface area contributed by atoms with Crippen molar-refractivity contribution in [1.29, 1.82) is 0 Å². The van der Waals surface area contributed by atoms with E-state index in [1.165, 1.54) is 0 Å². The van der Waals surface area contributed by atoms with Crippen LogP contribution in [0, 0.1) is 0 Å². The molecule has 1 amide bonds. The van der Waals surface area contributed by atoms with Gasteiger partial charge in [-0.3, -0.25) is 4.79 Å². The second-order valence-electron chi connectivity index (χ2n) is 4.03. The van der Waals surface area contributed by atoms with Gasteiger partial charge in [0.15, 0.2) is 0 Å². The maximum Gasteiger partial charge on any atom is 0.251 e. The fourth-order valence-corrected chi connectivity index (χ4v) is 2.19. The molecule has 0 aliphatic carbocycles. The molecule has 0 aromatic heterocycles. The molecule has 17 heavy (non-hydrogen) atoms. The highest BCUT2D eigenvalue weighted by atomic mass is 32.2. The first-order valence-electron chi connectivity index (χ1n) is 5.65. The van der Waals surface area contributed by atoms with E-state index in [1.54, 1.807) is 25.7 Å². The Morgan fingerprint density at radius 3 is 2.41 bits per heavy atom. The lowest BCUT2D eigenvalue weighted by Crippen LogP contribution is -2.17. The van der Waals surface area contributed by atoms with Crippen LogP contribution >= 0.6 is 11.8 Å². The SMILES string of the molecule is CNC(=O)c1ccc(CSC(C)C(C)O)cc1. The number of carbonyl (C=O) groups is 1. The molecule has 2 unspecified atom stereocenters.